The van der Waals surface area contributed by atoms with E-state index in [0.29, 0.717) is 11.6 Å². The maximum Gasteiger partial charge on any atom is 0.0534 e. The Morgan fingerprint density at radius 3 is 2.84 bits per heavy atom. The predicted molar refractivity (Wildman–Crippen MR) is 76.9 cm³/mol. The minimum atomic E-state index is 0.411. The molecule has 0 amide bonds. The van der Waals surface area contributed by atoms with Gasteiger partial charge in [-0.3, -0.25) is 9.58 Å². The molecule has 1 atom stereocenters. The van der Waals surface area contributed by atoms with Gasteiger partial charge in [-0.25, -0.2) is 0 Å². The molecule has 2 heterocycles. The van der Waals surface area contributed by atoms with Crippen LogP contribution in [0, 0.1) is 0 Å². The minimum Gasteiger partial charge on any atom is -0.308 e. The lowest BCUT2D eigenvalue weighted by atomic mass is 9.91. The molecule has 19 heavy (non-hydrogen) atoms. The van der Waals surface area contributed by atoms with Crippen molar-refractivity contribution in [2.24, 2.45) is 7.05 Å². The number of rotatable bonds is 3. The molecule has 1 saturated carbocycles. The molecule has 1 aromatic rings. The van der Waals surface area contributed by atoms with Crippen LogP contribution in [0.3, 0.4) is 0 Å². The lowest BCUT2D eigenvalue weighted by Gasteiger charge is -2.46. The highest BCUT2D eigenvalue weighted by Crippen LogP contribution is 2.34. The molecule has 0 bridgehead atoms. The van der Waals surface area contributed by atoms with Gasteiger partial charge in [0.15, 0.2) is 0 Å². The quantitative estimate of drug-likeness (QED) is 0.903. The number of hydrogen-bond acceptors (Lipinski definition) is 3. The van der Waals surface area contributed by atoms with Crippen molar-refractivity contribution in [3.63, 3.8) is 0 Å². The lowest BCUT2D eigenvalue weighted by molar-refractivity contribution is 0.0718. The highest BCUT2D eigenvalue weighted by atomic mass is 15.3. The predicted octanol–water partition coefficient (Wildman–Crippen LogP) is 1.92. The summed E-state index contributed by atoms with van der Waals surface area (Å²) in [6, 6.07) is 0.673. The van der Waals surface area contributed by atoms with Crippen molar-refractivity contribution < 1.29 is 0 Å². The van der Waals surface area contributed by atoms with Crippen molar-refractivity contribution >= 4 is 0 Å². The minimum absolute atomic E-state index is 0.411. The van der Waals surface area contributed by atoms with Crippen molar-refractivity contribution in [1.29, 1.82) is 0 Å². The molecule has 0 radical (unpaired) electrons. The van der Waals surface area contributed by atoms with Gasteiger partial charge < -0.3 is 5.32 Å². The second kappa shape index (κ2) is 5.25. The van der Waals surface area contributed by atoms with Crippen LogP contribution < -0.4 is 5.32 Å². The molecule has 106 valence electrons. The summed E-state index contributed by atoms with van der Waals surface area (Å²) in [6.45, 7) is 5.71. The molecule has 1 spiro atoms. The van der Waals surface area contributed by atoms with Gasteiger partial charge in [0.1, 0.15) is 0 Å². The number of nitrogens with zero attached hydrogens (tertiary/aromatic N) is 3. The van der Waals surface area contributed by atoms with Gasteiger partial charge in [-0.15, -0.1) is 0 Å². The molecule has 1 N–H and O–H groups in total. The number of aryl methyl sites for hydroxylation is 1. The fraction of sp³-hybridized carbons (Fsp3) is 0.800. The maximum atomic E-state index is 4.30. The average molecular weight is 262 g/mol. The fourth-order valence-electron chi connectivity index (χ4n) is 3.80. The van der Waals surface area contributed by atoms with E-state index in [9.17, 15) is 0 Å². The Labute approximate surface area is 116 Å². The summed E-state index contributed by atoms with van der Waals surface area (Å²) in [5, 5.41) is 8.15. The molecule has 3 rings (SSSR count). The second-order valence-electron chi connectivity index (χ2n) is 6.36. The van der Waals surface area contributed by atoms with Crippen molar-refractivity contribution in [2.75, 3.05) is 13.1 Å². The van der Waals surface area contributed by atoms with E-state index in [-0.39, 0.29) is 0 Å². The van der Waals surface area contributed by atoms with E-state index in [1.807, 2.05) is 17.9 Å². The summed E-state index contributed by atoms with van der Waals surface area (Å²) in [4.78, 5) is 2.68. The van der Waals surface area contributed by atoms with Crippen LogP contribution in [0.5, 0.6) is 0 Å². The molecule has 4 heteroatoms. The normalized spacial score (nSPS) is 27.2. The summed E-state index contributed by atoms with van der Waals surface area (Å²) in [6.07, 6.45) is 10.9. The van der Waals surface area contributed by atoms with Crippen LogP contribution in [0.2, 0.25) is 0 Å². The van der Waals surface area contributed by atoms with E-state index in [0.717, 1.165) is 13.1 Å². The largest absolute Gasteiger partial charge is 0.308 e. The van der Waals surface area contributed by atoms with Gasteiger partial charge in [0.05, 0.1) is 6.20 Å². The van der Waals surface area contributed by atoms with E-state index in [2.05, 4.69) is 28.4 Å². The van der Waals surface area contributed by atoms with Crippen LogP contribution in [-0.2, 0) is 13.6 Å². The Bertz CT molecular complexity index is 420. The van der Waals surface area contributed by atoms with Crippen molar-refractivity contribution in [3.8, 4) is 0 Å². The van der Waals surface area contributed by atoms with E-state index in [1.165, 1.54) is 44.2 Å². The van der Waals surface area contributed by atoms with Crippen molar-refractivity contribution in [1.82, 2.24) is 20.0 Å². The molecule has 0 aromatic carbocycles. The van der Waals surface area contributed by atoms with Gasteiger partial charge in [0.2, 0.25) is 0 Å². The third-order valence-electron chi connectivity index (χ3n) is 4.91. The maximum absolute atomic E-state index is 4.30. The Balaban J connectivity index is 1.71. The fourth-order valence-corrected chi connectivity index (χ4v) is 3.80. The van der Waals surface area contributed by atoms with Gasteiger partial charge in [-0.2, -0.15) is 5.10 Å². The highest BCUT2D eigenvalue weighted by molar-refractivity contribution is 5.07. The summed E-state index contributed by atoms with van der Waals surface area (Å²) in [5.41, 5.74) is 1.75. The zero-order valence-corrected chi connectivity index (χ0v) is 12.2. The van der Waals surface area contributed by atoms with E-state index in [1.54, 1.807) is 0 Å². The van der Waals surface area contributed by atoms with E-state index in [4.69, 9.17) is 0 Å². The van der Waals surface area contributed by atoms with Crippen LogP contribution in [0.25, 0.3) is 0 Å². The Morgan fingerprint density at radius 2 is 2.21 bits per heavy atom. The first kappa shape index (κ1) is 13.1. The summed E-state index contributed by atoms with van der Waals surface area (Å²) in [7, 11) is 2.00. The number of nitrogens with one attached hydrogen (secondary N) is 1. The molecule has 2 aliphatic rings. The van der Waals surface area contributed by atoms with Gasteiger partial charge in [0.25, 0.3) is 0 Å². The molecular formula is C15H26N4. The van der Waals surface area contributed by atoms with Gasteiger partial charge in [-0.05, 0) is 19.3 Å². The molecule has 1 aliphatic carbocycles. The molecule has 1 unspecified atom stereocenters. The van der Waals surface area contributed by atoms with Crippen LogP contribution in [-0.4, -0.2) is 39.4 Å². The second-order valence-corrected chi connectivity index (χ2v) is 6.36. The molecule has 1 aromatic heterocycles. The molecule has 4 nitrogen and oxygen atoms in total. The lowest BCUT2D eigenvalue weighted by Crippen LogP contribution is -2.62. The summed E-state index contributed by atoms with van der Waals surface area (Å²) < 4.78 is 1.91. The van der Waals surface area contributed by atoms with Gasteiger partial charge >= 0.3 is 0 Å². The monoisotopic (exact) mass is 262 g/mol. The third kappa shape index (κ3) is 2.70. The molecule has 1 aliphatic heterocycles. The smallest absolute Gasteiger partial charge is 0.0534 e. The topological polar surface area (TPSA) is 33.1 Å². The SMILES string of the molecule is CCC1CNC2(CCCC2)CN1Cc1cnn(C)c1. The van der Waals surface area contributed by atoms with Crippen molar-refractivity contribution in [2.45, 2.75) is 57.2 Å². The van der Waals surface area contributed by atoms with Crippen LogP contribution >= 0.6 is 0 Å². The van der Waals surface area contributed by atoms with Gasteiger partial charge in [-0.1, -0.05) is 19.8 Å². The van der Waals surface area contributed by atoms with E-state index < -0.39 is 0 Å². The summed E-state index contributed by atoms with van der Waals surface area (Å²) >= 11 is 0. The Kier molecular flexibility index (Phi) is 3.63. The summed E-state index contributed by atoms with van der Waals surface area (Å²) in [5.74, 6) is 0. The zero-order valence-electron chi connectivity index (χ0n) is 12.2. The highest BCUT2D eigenvalue weighted by Gasteiger charge is 2.40. The molecule has 1 saturated heterocycles. The number of hydrogen-bond donors (Lipinski definition) is 1. The van der Waals surface area contributed by atoms with Gasteiger partial charge in [0, 0.05) is 50.0 Å². The third-order valence-corrected chi connectivity index (χ3v) is 4.91. The Hall–Kier alpha value is -0.870. The first-order valence-corrected chi connectivity index (χ1v) is 7.67. The van der Waals surface area contributed by atoms with Crippen molar-refractivity contribution in [3.05, 3.63) is 18.0 Å². The van der Waals surface area contributed by atoms with Crippen LogP contribution in [0.1, 0.15) is 44.6 Å². The first-order valence-electron chi connectivity index (χ1n) is 7.67. The standard InChI is InChI=1S/C15H26N4/c1-3-14-9-16-15(6-4-5-7-15)12-19(14)11-13-8-17-18(2)10-13/h8,10,14,16H,3-7,9,11-12H2,1-2H3. The van der Waals surface area contributed by atoms with Crippen LogP contribution in [0.4, 0.5) is 0 Å². The number of aromatic nitrogens is 2. The average Bonchev–Trinajstić information content (AvgIpc) is 3.00. The Morgan fingerprint density at radius 1 is 1.42 bits per heavy atom. The van der Waals surface area contributed by atoms with E-state index >= 15 is 0 Å². The zero-order chi connectivity index (χ0) is 13.3. The molecular weight excluding hydrogens is 236 g/mol. The first-order chi connectivity index (χ1) is 9.21. The van der Waals surface area contributed by atoms with Crippen LogP contribution in [0.15, 0.2) is 12.4 Å². The molecule has 2 fully saturated rings. The number of piperazine rings is 1.